The molecule has 1 heterocycles. The van der Waals surface area contributed by atoms with E-state index in [2.05, 4.69) is 15.9 Å². The van der Waals surface area contributed by atoms with Crippen molar-refractivity contribution >= 4 is 31.9 Å². The second kappa shape index (κ2) is 9.66. The van der Waals surface area contributed by atoms with E-state index in [1.54, 1.807) is 12.1 Å². The number of benzene rings is 2. The van der Waals surface area contributed by atoms with E-state index < -0.39 is 21.8 Å². The molecule has 2 aromatic carbocycles. The van der Waals surface area contributed by atoms with Crippen LogP contribution < -0.4 is 4.74 Å². The molecule has 1 aliphatic heterocycles. The highest BCUT2D eigenvalue weighted by Crippen LogP contribution is 2.25. The van der Waals surface area contributed by atoms with Crippen molar-refractivity contribution < 1.29 is 31.8 Å². The number of hydrogen-bond donors (Lipinski definition) is 0. The van der Waals surface area contributed by atoms with E-state index in [0.717, 1.165) is 0 Å². The second-order valence-electron chi connectivity index (χ2n) is 6.19. The SMILES string of the molecule is O=C(COc1ccc(F)cc1Br)OCc1cccc(S(=O)(=O)N2CCOCC2)c1. The van der Waals surface area contributed by atoms with Crippen molar-refractivity contribution in [3.8, 4) is 5.75 Å². The third-order valence-corrected chi connectivity index (χ3v) is 6.66. The molecule has 0 N–H and O–H groups in total. The van der Waals surface area contributed by atoms with Gasteiger partial charge in [-0.2, -0.15) is 4.31 Å². The van der Waals surface area contributed by atoms with Crippen LogP contribution in [0, 0.1) is 5.82 Å². The average molecular weight is 488 g/mol. The standard InChI is InChI=1S/C19H19BrFNO6S/c20-17-11-15(21)4-5-18(17)27-13-19(23)28-12-14-2-1-3-16(10-14)29(24,25)22-6-8-26-9-7-22/h1-5,10-11H,6-9,12-13H2. The highest BCUT2D eigenvalue weighted by Gasteiger charge is 2.26. The topological polar surface area (TPSA) is 82.1 Å². The molecule has 0 spiro atoms. The monoisotopic (exact) mass is 487 g/mol. The number of carbonyl (C=O) groups excluding carboxylic acids is 1. The largest absolute Gasteiger partial charge is 0.481 e. The predicted molar refractivity (Wildman–Crippen MR) is 105 cm³/mol. The smallest absolute Gasteiger partial charge is 0.344 e. The van der Waals surface area contributed by atoms with Gasteiger partial charge in [0.1, 0.15) is 18.2 Å². The van der Waals surface area contributed by atoms with Crippen molar-refractivity contribution in [2.24, 2.45) is 0 Å². The Morgan fingerprint density at radius 1 is 1.17 bits per heavy atom. The normalized spacial score (nSPS) is 15.1. The molecule has 0 unspecified atom stereocenters. The Labute approximate surface area is 176 Å². The summed E-state index contributed by atoms with van der Waals surface area (Å²) in [7, 11) is -3.63. The first-order valence-corrected chi connectivity index (χ1v) is 11.0. The maximum atomic E-state index is 13.1. The molecule has 1 fully saturated rings. The van der Waals surface area contributed by atoms with Crippen LogP contribution in [0.1, 0.15) is 5.56 Å². The van der Waals surface area contributed by atoms with Crippen LogP contribution in [-0.2, 0) is 30.9 Å². The van der Waals surface area contributed by atoms with Crippen LogP contribution in [-0.4, -0.2) is 51.6 Å². The van der Waals surface area contributed by atoms with E-state index in [0.29, 0.717) is 42.1 Å². The zero-order chi connectivity index (χ0) is 20.9. The minimum Gasteiger partial charge on any atom is -0.481 e. The molecule has 1 saturated heterocycles. The Hall–Kier alpha value is -2.01. The van der Waals surface area contributed by atoms with Gasteiger partial charge in [-0.1, -0.05) is 12.1 Å². The number of ether oxygens (including phenoxy) is 3. The number of rotatable bonds is 7. The van der Waals surface area contributed by atoms with Gasteiger partial charge in [0.2, 0.25) is 10.0 Å². The van der Waals surface area contributed by atoms with Gasteiger partial charge in [-0.15, -0.1) is 0 Å². The lowest BCUT2D eigenvalue weighted by Crippen LogP contribution is -2.40. The lowest BCUT2D eigenvalue weighted by molar-refractivity contribution is -0.147. The van der Waals surface area contributed by atoms with E-state index in [1.807, 2.05) is 0 Å². The van der Waals surface area contributed by atoms with Crippen molar-refractivity contribution in [2.75, 3.05) is 32.9 Å². The van der Waals surface area contributed by atoms with Gasteiger partial charge < -0.3 is 14.2 Å². The molecule has 0 aromatic heterocycles. The zero-order valence-corrected chi connectivity index (χ0v) is 17.7. The summed E-state index contributed by atoms with van der Waals surface area (Å²) in [5, 5.41) is 0. The maximum Gasteiger partial charge on any atom is 0.344 e. The molecule has 0 aliphatic carbocycles. The summed E-state index contributed by atoms with van der Waals surface area (Å²) in [6.45, 7) is 0.867. The Kier molecular flexibility index (Phi) is 7.23. The number of halogens is 2. The summed E-state index contributed by atoms with van der Waals surface area (Å²) in [5.41, 5.74) is 0.538. The van der Waals surface area contributed by atoms with E-state index >= 15 is 0 Å². The maximum absolute atomic E-state index is 13.1. The molecule has 0 amide bonds. The van der Waals surface area contributed by atoms with Crippen LogP contribution in [0.15, 0.2) is 51.8 Å². The quantitative estimate of drug-likeness (QED) is 0.558. The van der Waals surface area contributed by atoms with Crippen LogP contribution >= 0.6 is 15.9 Å². The van der Waals surface area contributed by atoms with Gasteiger partial charge in [0.15, 0.2) is 6.61 Å². The molecule has 1 aliphatic rings. The average Bonchev–Trinajstić information content (AvgIpc) is 2.72. The van der Waals surface area contributed by atoms with Gasteiger partial charge in [-0.05, 0) is 51.8 Å². The molecule has 0 atom stereocenters. The number of morpholine rings is 1. The van der Waals surface area contributed by atoms with Gasteiger partial charge in [-0.25, -0.2) is 17.6 Å². The molecule has 7 nitrogen and oxygen atoms in total. The van der Waals surface area contributed by atoms with Crippen LogP contribution in [0.4, 0.5) is 4.39 Å². The van der Waals surface area contributed by atoms with E-state index in [9.17, 15) is 17.6 Å². The van der Waals surface area contributed by atoms with Crippen molar-refractivity contribution in [3.05, 3.63) is 58.3 Å². The number of hydrogen-bond acceptors (Lipinski definition) is 6. The van der Waals surface area contributed by atoms with Gasteiger partial charge in [0.25, 0.3) is 0 Å². The zero-order valence-electron chi connectivity index (χ0n) is 15.3. The highest BCUT2D eigenvalue weighted by molar-refractivity contribution is 9.10. The summed E-state index contributed by atoms with van der Waals surface area (Å²) in [5.74, 6) is -0.761. The van der Waals surface area contributed by atoms with Crippen LogP contribution in [0.5, 0.6) is 5.75 Å². The molecule has 2 aromatic rings. The first-order chi connectivity index (χ1) is 13.9. The number of sulfonamides is 1. The first-order valence-electron chi connectivity index (χ1n) is 8.76. The predicted octanol–water partition coefficient (Wildman–Crippen LogP) is 2.73. The number of esters is 1. The fraction of sp³-hybridized carbons (Fsp3) is 0.316. The molecule has 10 heteroatoms. The summed E-state index contributed by atoms with van der Waals surface area (Å²) < 4.78 is 55.9. The van der Waals surface area contributed by atoms with E-state index in [1.165, 1.54) is 34.6 Å². The Bertz CT molecular complexity index is 978. The molecule has 0 bridgehead atoms. The first kappa shape index (κ1) is 21.7. The molecule has 29 heavy (non-hydrogen) atoms. The number of carbonyl (C=O) groups is 1. The number of nitrogens with zero attached hydrogens (tertiary/aromatic N) is 1. The van der Waals surface area contributed by atoms with Crippen molar-refractivity contribution in [3.63, 3.8) is 0 Å². The molecular formula is C19H19BrFNO6S. The van der Waals surface area contributed by atoms with Crippen molar-refractivity contribution in [1.82, 2.24) is 4.31 Å². The van der Waals surface area contributed by atoms with Crippen LogP contribution in [0.2, 0.25) is 0 Å². The summed E-state index contributed by atoms with van der Waals surface area (Å²) >= 11 is 3.15. The molecule has 3 rings (SSSR count). The minimum absolute atomic E-state index is 0.0980. The van der Waals surface area contributed by atoms with Gasteiger partial charge in [0.05, 0.1) is 22.6 Å². The van der Waals surface area contributed by atoms with Crippen LogP contribution in [0.3, 0.4) is 0 Å². The molecule has 0 saturated carbocycles. The van der Waals surface area contributed by atoms with Crippen LogP contribution in [0.25, 0.3) is 0 Å². The van der Waals surface area contributed by atoms with E-state index in [-0.39, 0.29) is 18.1 Å². The molecule has 0 radical (unpaired) electrons. The molecular weight excluding hydrogens is 469 g/mol. The fourth-order valence-electron chi connectivity index (χ4n) is 2.67. The Balaban J connectivity index is 1.56. The van der Waals surface area contributed by atoms with Crippen molar-refractivity contribution in [1.29, 1.82) is 0 Å². The fourth-order valence-corrected chi connectivity index (χ4v) is 4.61. The highest BCUT2D eigenvalue weighted by atomic mass is 79.9. The third-order valence-electron chi connectivity index (χ3n) is 4.15. The van der Waals surface area contributed by atoms with Gasteiger partial charge >= 0.3 is 5.97 Å². The van der Waals surface area contributed by atoms with Gasteiger partial charge in [-0.3, -0.25) is 0 Å². The summed E-state index contributed by atoms with van der Waals surface area (Å²) in [4.78, 5) is 12.1. The lowest BCUT2D eigenvalue weighted by Gasteiger charge is -2.26. The lowest BCUT2D eigenvalue weighted by atomic mass is 10.2. The van der Waals surface area contributed by atoms with Crippen molar-refractivity contribution in [2.45, 2.75) is 11.5 Å². The molecule has 156 valence electrons. The van der Waals surface area contributed by atoms with E-state index in [4.69, 9.17) is 14.2 Å². The second-order valence-corrected chi connectivity index (χ2v) is 8.98. The third kappa shape index (κ3) is 5.75. The summed E-state index contributed by atoms with van der Waals surface area (Å²) in [6, 6.07) is 10.1. The summed E-state index contributed by atoms with van der Waals surface area (Å²) in [6.07, 6.45) is 0. The Morgan fingerprint density at radius 2 is 1.93 bits per heavy atom. The van der Waals surface area contributed by atoms with Gasteiger partial charge in [0, 0.05) is 13.1 Å². The minimum atomic E-state index is -3.63. The Morgan fingerprint density at radius 3 is 2.66 bits per heavy atom.